The fourth-order valence-electron chi connectivity index (χ4n) is 5.55. The second-order valence-corrected chi connectivity index (χ2v) is 11.6. The lowest BCUT2D eigenvalue weighted by Gasteiger charge is -2.34. The number of amides is 2. The van der Waals surface area contributed by atoms with Gasteiger partial charge in [0.05, 0.1) is 30.8 Å². The first-order valence-electron chi connectivity index (χ1n) is 15.5. The Labute approximate surface area is 269 Å². The largest absolute Gasteiger partial charge is 0.495 e. The lowest BCUT2D eigenvalue weighted by atomic mass is 10.1. The minimum absolute atomic E-state index is 0.255. The number of fused-ring (bicyclic) bond motifs is 1. The number of aryl methyl sites for hydroxylation is 1. The Bertz CT molecular complexity index is 1750. The molecule has 1 saturated heterocycles. The monoisotopic (exact) mass is 623 g/mol. The molecule has 0 bridgehead atoms. The molecular weight excluding hydrogens is 582 g/mol. The first-order valence-corrected chi connectivity index (χ1v) is 15.5. The average Bonchev–Trinajstić information content (AvgIpc) is 3.55. The van der Waals surface area contributed by atoms with Crippen molar-refractivity contribution >= 4 is 40.0 Å². The molecule has 1 aliphatic rings. The Morgan fingerprint density at radius 2 is 1.74 bits per heavy atom. The van der Waals surface area contributed by atoms with Gasteiger partial charge in [0.25, 0.3) is 11.8 Å². The van der Waals surface area contributed by atoms with E-state index in [1.54, 1.807) is 42.3 Å². The lowest BCUT2D eigenvalue weighted by molar-refractivity contribution is 0.0990. The van der Waals surface area contributed by atoms with Crippen molar-refractivity contribution in [2.45, 2.75) is 26.2 Å². The number of allylic oxidation sites excluding steroid dienone is 1. The average molecular weight is 624 g/mol. The van der Waals surface area contributed by atoms with Crippen molar-refractivity contribution < 1.29 is 23.9 Å². The number of rotatable bonds is 12. The van der Waals surface area contributed by atoms with Gasteiger partial charge in [0, 0.05) is 56.1 Å². The van der Waals surface area contributed by atoms with Crippen molar-refractivity contribution in [3.63, 3.8) is 0 Å². The van der Waals surface area contributed by atoms with Gasteiger partial charge in [-0.3, -0.25) is 9.59 Å². The maximum atomic E-state index is 13.6. The van der Waals surface area contributed by atoms with E-state index in [0.29, 0.717) is 47.0 Å². The number of ether oxygens (including phenoxy) is 2. The van der Waals surface area contributed by atoms with Gasteiger partial charge in [-0.25, -0.2) is 4.79 Å². The molecular formula is C36H41N5O5. The number of aromatic nitrogens is 1. The van der Waals surface area contributed by atoms with Gasteiger partial charge in [0.1, 0.15) is 17.4 Å². The predicted octanol–water partition coefficient (Wildman–Crippen LogP) is 5.53. The minimum atomic E-state index is -0.287. The van der Waals surface area contributed by atoms with Gasteiger partial charge >= 0.3 is 0 Å². The van der Waals surface area contributed by atoms with Gasteiger partial charge in [-0.1, -0.05) is 12.1 Å². The number of hydrogen-bond donors (Lipinski definition) is 2. The van der Waals surface area contributed by atoms with Crippen LogP contribution in [0.2, 0.25) is 0 Å². The number of methoxy groups -OCH3 is 1. The van der Waals surface area contributed by atoms with Gasteiger partial charge in [0.2, 0.25) is 0 Å². The summed E-state index contributed by atoms with van der Waals surface area (Å²) in [5.41, 5.74) is 4.60. The quantitative estimate of drug-likeness (QED) is 0.158. The third kappa shape index (κ3) is 7.59. The Morgan fingerprint density at radius 3 is 2.50 bits per heavy atom. The first kappa shape index (κ1) is 32.3. The van der Waals surface area contributed by atoms with Gasteiger partial charge < -0.3 is 34.5 Å². The molecule has 1 aromatic heterocycles. The molecule has 10 nitrogen and oxygen atoms in total. The predicted molar refractivity (Wildman–Crippen MR) is 181 cm³/mol. The number of unbranched alkanes of at least 4 members (excludes halogenated alkanes) is 1. The third-order valence-corrected chi connectivity index (χ3v) is 8.36. The van der Waals surface area contributed by atoms with E-state index < -0.39 is 0 Å². The highest BCUT2D eigenvalue weighted by Crippen LogP contribution is 2.32. The van der Waals surface area contributed by atoms with Crippen LogP contribution in [0.4, 0.5) is 11.4 Å². The van der Waals surface area contributed by atoms with Gasteiger partial charge in [-0.05, 0) is 92.7 Å². The normalized spacial score (nSPS) is 13.3. The fraction of sp³-hybridized carbons (Fsp3) is 0.333. The number of carbonyl (C=O) groups excluding carboxylic acids is 3. The summed E-state index contributed by atoms with van der Waals surface area (Å²) in [4.78, 5) is 47.3. The van der Waals surface area contributed by atoms with E-state index in [4.69, 9.17) is 9.47 Å². The molecule has 4 aromatic rings. The highest BCUT2D eigenvalue weighted by Gasteiger charge is 2.21. The fourth-order valence-corrected chi connectivity index (χ4v) is 5.55. The van der Waals surface area contributed by atoms with Crippen LogP contribution in [-0.2, 0) is 4.79 Å². The molecule has 0 spiro atoms. The molecule has 2 heterocycles. The van der Waals surface area contributed by atoms with Crippen molar-refractivity contribution in [2.75, 3.05) is 64.2 Å². The van der Waals surface area contributed by atoms with Crippen LogP contribution < -0.4 is 19.7 Å². The van der Waals surface area contributed by atoms with E-state index in [0.717, 1.165) is 61.2 Å². The van der Waals surface area contributed by atoms with Crippen molar-refractivity contribution in [3.05, 3.63) is 89.2 Å². The number of benzene rings is 3. The number of aromatic amines is 1. The molecule has 3 aromatic carbocycles. The number of nitrogens with one attached hydrogen (secondary N) is 2. The summed E-state index contributed by atoms with van der Waals surface area (Å²) >= 11 is 0. The van der Waals surface area contributed by atoms with E-state index >= 15 is 0 Å². The minimum Gasteiger partial charge on any atom is -0.495 e. The van der Waals surface area contributed by atoms with Gasteiger partial charge in [-0.2, -0.15) is 0 Å². The summed E-state index contributed by atoms with van der Waals surface area (Å²) in [6.45, 7) is 6.00. The molecule has 5 rings (SSSR count). The number of hydrogen-bond acceptors (Lipinski definition) is 7. The number of carbonyl (C=O) groups is 2. The van der Waals surface area contributed by atoms with E-state index in [1.165, 1.54) is 7.11 Å². The topological polar surface area (TPSA) is 107 Å². The Morgan fingerprint density at radius 1 is 0.957 bits per heavy atom. The van der Waals surface area contributed by atoms with Crippen LogP contribution in [0, 0.1) is 6.92 Å². The summed E-state index contributed by atoms with van der Waals surface area (Å²) in [5, 5.41) is 3.91. The van der Waals surface area contributed by atoms with Gasteiger partial charge in [-0.15, -0.1) is 0 Å². The molecule has 1 aliphatic heterocycles. The molecule has 0 saturated carbocycles. The Kier molecular flexibility index (Phi) is 10.4. The van der Waals surface area contributed by atoms with Crippen LogP contribution in [-0.4, -0.2) is 86.5 Å². The number of anilines is 2. The SMILES string of the molecule is COc1cc(C(=O)N(C)c2ccc(C)cc2OCCCCC(=C=O)N2CCN(C)CC2)ccc1NC(=O)c1ccc2cc[nH]c2c1. The van der Waals surface area contributed by atoms with Crippen molar-refractivity contribution in [1.29, 1.82) is 0 Å². The summed E-state index contributed by atoms with van der Waals surface area (Å²) in [5.74, 6) is 2.58. The highest BCUT2D eigenvalue weighted by molar-refractivity contribution is 6.09. The molecule has 0 radical (unpaired) electrons. The van der Waals surface area contributed by atoms with Crippen LogP contribution in [0.15, 0.2) is 72.6 Å². The molecule has 0 unspecified atom stereocenters. The maximum Gasteiger partial charge on any atom is 0.258 e. The number of likely N-dealkylation sites (N-methyl/N-ethyl adjacent to an activating group) is 1. The number of nitrogens with zero attached hydrogens (tertiary/aromatic N) is 3. The Balaban J connectivity index is 1.21. The molecule has 240 valence electrons. The molecule has 0 atom stereocenters. The summed E-state index contributed by atoms with van der Waals surface area (Å²) < 4.78 is 11.7. The first-order chi connectivity index (χ1) is 22.3. The number of H-pyrrole nitrogens is 1. The van der Waals surface area contributed by atoms with Crippen molar-refractivity contribution in [1.82, 2.24) is 14.8 Å². The van der Waals surface area contributed by atoms with Crippen LogP contribution in [0.5, 0.6) is 11.5 Å². The molecule has 1 fully saturated rings. The third-order valence-electron chi connectivity index (χ3n) is 8.36. The highest BCUT2D eigenvalue weighted by atomic mass is 16.5. The molecule has 46 heavy (non-hydrogen) atoms. The summed E-state index contributed by atoms with van der Waals surface area (Å²) in [7, 11) is 5.29. The summed E-state index contributed by atoms with van der Waals surface area (Å²) in [6, 6.07) is 18.1. The molecule has 10 heteroatoms. The zero-order chi connectivity index (χ0) is 32.6. The van der Waals surface area contributed by atoms with E-state index in [1.807, 2.05) is 43.5 Å². The second-order valence-electron chi connectivity index (χ2n) is 11.6. The van der Waals surface area contributed by atoms with E-state index in [2.05, 4.69) is 33.1 Å². The standard InChI is InChI=1S/C36H41N5O5/c1-25-8-13-32(34(21-25)46-20-6-5-7-29(24-42)41-18-16-39(2)17-19-41)40(3)36(44)28-11-12-30(33(23-28)45-4)38-35(43)27-10-9-26-14-15-37-31(26)22-27/h8-15,21-23,37H,5-7,16-20H2,1-4H3,(H,38,43). The zero-order valence-electron chi connectivity index (χ0n) is 26.9. The van der Waals surface area contributed by atoms with Gasteiger partial charge in [0.15, 0.2) is 0 Å². The Hall–Kier alpha value is -5.05. The smallest absolute Gasteiger partial charge is 0.258 e. The second kappa shape index (κ2) is 14.8. The van der Waals surface area contributed by atoms with Crippen molar-refractivity contribution in [2.24, 2.45) is 0 Å². The maximum absolute atomic E-state index is 13.6. The van der Waals surface area contributed by atoms with E-state index in [9.17, 15) is 14.4 Å². The zero-order valence-corrected chi connectivity index (χ0v) is 26.9. The van der Waals surface area contributed by atoms with Crippen molar-refractivity contribution in [3.8, 4) is 11.5 Å². The molecule has 2 amide bonds. The molecule has 2 N–H and O–H groups in total. The van der Waals surface area contributed by atoms with Crippen LogP contribution >= 0.6 is 0 Å². The van der Waals surface area contributed by atoms with Crippen LogP contribution in [0.25, 0.3) is 10.9 Å². The summed E-state index contributed by atoms with van der Waals surface area (Å²) in [6.07, 6.45) is 4.05. The van der Waals surface area contributed by atoms with E-state index in [-0.39, 0.29) is 11.8 Å². The number of piperazine rings is 1. The van der Waals surface area contributed by atoms with Crippen LogP contribution in [0.1, 0.15) is 45.5 Å². The lowest BCUT2D eigenvalue weighted by Crippen LogP contribution is -2.44. The molecule has 0 aliphatic carbocycles. The van der Waals surface area contributed by atoms with Crippen LogP contribution in [0.3, 0.4) is 0 Å².